The van der Waals surface area contributed by atoms with Gasteiger partial charge in [-0.05, 0) is 76.3 Å². The Morgan fingerprint density at radius 1 is 1.14 bits per heavy atom. The van der Waals surface area contributed by atoms with E-state index in [0.29, 0.717) is 4.90 Å². The Labute approximate surface area is 209 Å². The summed E-state index contributed by atoms with van der Waals surface area (Å²) in [6, 6.07) is 3.99. The van der Waals surface area contributed by atoms with Crippen molar-refractivity contribution in [3.05, 3.63) is 42.5 Å². The summed E-state index contributed by atoms with van der Waals surface area (Å²) in [7, 11) is 1.62. The second-order valence-electron chi connectivity index (χ2n) is 7.39. The number of allylic oxidation sites excluding steroid dienone is 3. The van der Waals surface area contributed by atoms with Gasteiger partial charge in [0.15, 0.2) is 6.61 Å². The lowest BCUT2D eigenvalue weighted by molar-refractivity contribution is -0.153. The Balaban J connectivity index is 0. The number of hydrogen-bond acceptors (Lipinski definition) is 5. The number of ether oxygens (including phenoxy) is 2. The molecule has 0 saturated heterocycles. The van der Waals surface area contributed by atoms with Crippen molar-refractivity contribution in [2.75, 3.05) is 34.0 Å². The highest BCUT2D eigenvalue weighted by atomic mass is 32.2. The van der Waals surface area contributed by atoms with Gasteiger partial charge in [-0.25, -0.2) is 13.2 Å². The summed E-state index contributed by atoms with van der Waals surface area (Å²) in [5, 5.41) is 0. The maximum Gasteiger partial charge on any atom is 0.422 e. The highest BCUT2D eigenvalue weighted by molar-refractivity contribution is 7.97. The van der Waals surface area contributed by atoms with Crippen LogP contribution in [0.5, 0.6) is 11.5 Å². The van der Waals surface area contributed by atoms with Gasteiger partial charge in [-0.15, -0.1) is 0 Å². The second kappa shape index (κ2) is 22.6. The zero-order chi connectivity index (χ0) is 27.1. The highest BCUT2D eigenvalue weighted by Crippen LogP contribution is 2.32. The normalized spacial score (nSPS) is 13.0. The first kappa shape index (κ1) is 35.3. The second-order valence-corrected chi connectivity index (χ2v) is 8.44. The summed E-state index contributed by atoms with van der Waals surface area (Å²) in [5.74, 6) is 1.14. The number of rotatable bonds is 8. The summed E-state index contributed by atoms with van der Waals surface area (Å²) in [6.07, 6.45) is 6.41. The molecule has 0 heterocycles. The number of benzene rings is 1. The Hall–Kier alpha value is -1.85. The molecule has 1 aromatic rings. The summed E-state index contributed by atoms with van der Waals surface area (Å²) >= 11 is 1.09. The number of nitrogens with two attached hydrogens (primary N) is 1. The molecule has 0 bridgehead atoms. The van der Waals surface area contributed by atoms with E-state index in [-0.39, 0.29) is 11.5 Å². The smallest absolute Gasteiger partial charge is 0.422 e. The summed E-state index contributed by atoms with van der Waals surface area (Å²) < 4.78 is 79.2. The van der Waals surface area contributed by atoms with Gasteiger partial charge >= 0.3 is 6.18 Å². The summed E-state index contributed by atoms with van der Waals surface area (Å²) in [5.41, 5.74) is 6.80. The first-order valence-electron chi connectivity index (χ1n) is 11.0. The number of nitrogens with one attached hydrogen (secondary N) is 1. The van der Waals surface area contributed by atoms with E-state index in [1.165, 1.54) is 55.9 Å². The van der Waals surface area contributed by atoms with Gasteiger partial charge in [-0.2, -0.15) is 13.2 Å². The molecule has 3 N–H and O–H groups in total. The Morgan fingerprint density at radius 2 is 1.74 bits per heavy atom. The van der Waals surface area contributed by atoms with Crippen molar-refractivity contribution >= 4 is 11.9 Å². The van der Waals surface area contributed by atoms with Gasteiger partial charge in [0.25, 0.3) is 0 Å². The van der Waals surface area contributed by atoms with E-state index in [0.717, 1.165) is 24.4 Å². The van der Waals surface area contributed by atoms with Crippen molar-refractivity contribution < 1.29 is 35.8 Å². The predicted octanol–water partition coefficient (Wildman–Crippen LogP) is 7.71. The van der Waals surface area contributed by atoms with Crippen LogP contribution in [0.25, 0.3) is 0 Å². The van der Waals surface area contributed by atoms with E-state index in [4.69, 9.17) is 5.73 Å². The molecule has 0 aliphatic heterocycles. The maximum absolute atomic E-state index is 12.1. The van der Waals surface area contributed by atoms with Crippen molar-refractivity contribution in [2.24, 2.45) is 11.7 Å². The van der Waals surface area contributed by atoms with Crippen molar-refractivity contribution in [3.63, 3.8) is 0 Å². The zero-order valence-corrected chi connectivity index (χ0v) is 21.4. The molecule has 4 nitrogen and oxygen atoms in total. The Bertz CT molecular complexity index is 680. The molecule has 0 unspecified atom stereocenters. The number of halogens is 6. The lowest BCUT2D eigenvalue weighted by Gasteiger charge is -2.18. The molecule has 1 fully saturated rings. The van der Waals surface area contributed by atoms with Crippen molar-refractivity contribution in [1.29, 1.82) is 0 Å². The molecule has 0 spiro atoms. The van der Waals surface area contributed by atoms with Crippen molar-refractivity contribution in [1.82, 2.24) is 4.72 Å². The lowest BCUT2D eigenvalue weighted by Crippen LogP contribution is -2.19. The van der Waals surface area contributed by atoms with Crippen LogP contribution in [0.4, 0.5) is 26.3 Å². The lowest BCUT2D eigenvalue weighted by atomic mass is 9.90. The molecule has 1 aromatic carbocycles. The fourth-order valence-electron chi connectivity index (χ4n) is 2.77. The molecule has 1 aliphatic rings. The summed E-state index contributed by atoms with van der Waals surface area (Å²) in [6.45, 7) is 4.39. The largest absolute Gasteiger partial charge is 0.484 e. The van der Waals surface area contributed by atoms with Gasteiger partial charge < -0.3 is 15.2 Å². The fourth-order valence-corrected chi connectivity index (χ4v) is 3.39. The standard InChI is InChI=1S/C10H11F4NO2S.C7H15N.C6H10.CH2F2/c1-15-18-9-4-7(16-5-10(12,13)14)2-3-8(9)17-6-11;8-6-7-4-2-1-3-5-7;1-4-5-6(2)3;2-1-3/h2-4,15H,5-6H2,1H3;7H,1-6,8H2;4-5H,1H2,2-3H3;1H2. The molecule has 0 radical (unpaired) electrons. The molecule has 11 heteroatoms. The quantitative estimate of drug-likeness (QED) is 0.204. The molecule has 2 rings (SSSR count). The van der Waals surface area contributed by atoms with E-state index < -0.39 is 26.6 Å². The molecular formula is C24H38F6N2O2S. The van der Waals surface area contributed by atoms with Gasteiger partial charge in [-0.3, -0.25) is 4.72 Å². The summed E-state index contributed by atoms with van der Waals surface area (Å²) in [4.78, 5) is 0.440. The molecule has 0 atom stereocenters. The van der Waals surface area contributed by atoms with Gasteiger partial charge in [0, 0.05) is 0 Å². The Morgan fingerprint density at radius 3 is 2.11 bits per heavy atom. The SMILES string of the molecule is C=CC=C(C)C.CNSc1cc(OCC(F)(F)F)ccc1OCF.FCF.NCC1CCCCC1. The van der Waals surface area contributed by atoms with Crippen LogP contribution < -0.4 is 19.9 Å². The van der Waals surface area contributed by atoms with Crippen LogP contribution in [0.2, 0.25) is 0 Å². The highest BCUT2D eigenvalue weighted by Gasteiger charge is 2.28. The molecule has 1 saturated carbocycles. The first-order valence-corrected chi connectivity index (χ1v) is 11.8. The maximum atomic E-state index is 12.1. The topological polar surface area (TPSA) is 56.5 Å². The van der Waals surface area contributed by atoms with Gasteiger partial charge in [0.05, 0.1) is 4.90 Å². The van der Waals surface area contributed by atoms with Crippen LogP contribution in [0, 0.1) is 5.92 Å². The van der Waals surface area contributed by atoms with E-state index in [2.05, 4.69) is 20.8 Å². The van der Waals surface area contributed by atoms with Gasteiger partial charge in [-0.1, -0.05) is 43.6 Å². The average molecular weight is 533 g/mol. The van der Waals surface area contributed by atoms with Crippen LogP contribution in [0.15, 0.2) is 47.4 Å². The van der Waals surface area contributed by atoms with Gasteiger partial charge in [0.1, 0.15) is 11.5 Å². The number of hydrogen-bond donors (Lipinski definition) is 2. The number of alkyl halides is 6. The van der Waals surface area contributed by atoms with Crippen LogP contribution in [-0.4, -0.2) is 40.2 Å². The van der Waals surface area contributed by atoms with Crippen LogP contribution in [0.3, 0.4) is 0 Å². The molecular weight excluding hydrogens is 494 g/mol. The van der Waals surface area contributed by atoms with E-state index in [1.807, 2.05) is 19.9 Å². The molecule has 35 heavy (non-hydrogen) atoms. The first-order chi connectivity index (χ1) is 16.6. The minimum absolute atomic E-state index is 0.0382. The van der Waals surface area contributed by atoms with Crippen molar-refractivity contribution in [3.8, 4) is 11.5 Å². The third kappa shape index (κ3) is 22.4. The van der Waals surface area contributed by atoms with E-state index in [9.17, 15) is 26.3 Å². The van der Waals surface area contributed by atoms with E-state index in [1.54, 1.807) is 13.1 Å². The minimum atomic E-state index is -4.40. The third-order valence-electron chi connectivity index (χ3n) is 4.25. The zero-order valence-electron chi connectivity index (χ0n) is 20.6. The van der Waals surface area contributed by atoms with Gasteiger partial charge in [0.2, 0.25) is 13.8 Å². The third-order valence-corrected chi connectivity index (χ3v) is 4.99. The molecule has 0 amide bonds. The average Bonchev–Trinajstić information content (AvgIpc) is 2.81. The molecule has 0 aromatic heterocycles. The minimum Gasteiger partial charge on any atom is -0.484 e. The van der Waals surface area contributed by atoms with Crippen LogP contribution in [0.1, 0.15) is 46.0 Å². The molecule has 204 valence electrons. The van der Waals surface area contributed by atoms with Crippen LogP contribution >= 0.6 is 11.9 Å². The predicted molar refractivity (Wildman–Crippen MR) is 132 cm³/mol. The van der Waals surface area contributed by atoms with E-state index >= 15 is 0 Å². The monoisotopic (exact) mass is 532 g/mol. The molecule has 1 aliphatic carbocycles. The Kier molecular flexibility index (Phi) is 22.8. The van der Waals surface area contributed by atoms with Crippen molar-refractivity contribution in [2.45, 2.75) is 57.0 Å². The fraction of sp³-hybridized carbons (Fsp3) is 0.583. The van der Waals surface area contributed by atoms with Crippen LogP contribution in [-0.2, 0) is 0 Å².